The minimum atomic E-state index is -0.400. The van der Waals surface area contributed by atoms with Crippen molar-refractivity contribution in [2.45, 2.75) is 13.0 Å². The van der Waals surface area contributed by atoms with Gasteiger partial charge in [0, 0.05) is 25.0 Å². The Morgan fingerprint density at radius 1 is 1.26 bits per heavy atom. The quantitative estimate of drug-likeness (QED) is 0.838. The number of aliphatic hydroxyl groups excluding tert-OH is 1. The van der Waals surface area contributed by atoms with E-state index in [2.05, 4.69) is 14.7 Å². The Balaban J connectivity index is 2.16. The van der Waals surface area contributed by atoms with Gasteiger partial charge >= 0.3 is 5.97 Å². The van der Waals surface area contributed by atoms with E-state index in [1.807, 2.05) is 6.07 Å². The van der Waals surface area contributed by atoms with Crippen molar-refractivity contribution < 1.29 is 14.6 Å². The zero-order valence-corrected chi connectivity index (χ0v) is 10.5. The summed E-state index contributed by atoms with van der Waals surface area (Å²) in [7, 11) is 1.34. The summed E-state index contributed by atoms with van der Waals surface area (Å²) in [5.41, 5.74) is 2.95. The summed E-state index contributed by atoms with van der Waals surface area (Å²) >= 11 is 0. The minimum Gasteiger partial charge on any atom is -0.465 e. The molecule has 98 valence electrons. The largest absolute Gasteiger partial charge is 0.465 e. The second-order valence-corrected chi connectivity index (χ2v) is 4.07. The third kappa shape index (κ3) is 3.35. The molecule has 0 radical (unpaired) electrons. The topological polar surface area (TPSA) is 72.3 Å². The van der Waals surface area contributed by atoms with Crippen molar-refractivity contribution in [3.8, 4) is 0 Å². The lowest BCUT2D eigenvalue weighted by Gasteiger charge is -2.04. The van der Waals surface area contributed by atoms with Crippen LogP contribution in [0.25, 0.3) is 0 Å². The lowest BCUT2D eigenvalue weighted by atomic mass is 10.1. The molecule has 0 saturated heterocycles. The average Bonchev–Trinajstić information content (AvgIpc) is 2.47. The number of carbonyl (C=O) groups excluding carboxylic acids is 1. The van der Waals surface area contributed by atoms with Gasteiger partial charge in [0.15, 0.2) is 0 Å². The van der Waals surface area contributed by atoms with Gasteiger partial charge in [-0.3, -0.25) is 9.97 Å². The molecule has 0 aliphatic heterocycles. The monoisotopic (exact) mass is 258 g/mol. The number of nitrogens with zero attached hydrogens (tertiary/aromatic N) is 2. The molecule has 5 heteroatoms. The van der Waals surface area contributed by atoms with Crippen LogP contribution in [0.1, 0.15) is 27.2 Å². The highest BCUT2D eigenvalue weighted by Crippen LogP contribution is 2.10. The van der Waals surface area contributed by atoms with Crippen molar-refractivity contribution in [3.63, 3.8) is 0 Å². The lowest BCUT2D eigenvalue weighted by molar-refractivity contribution is 0.0600. The van der Waals surface area contributed by atoms with Crippen molar-refractivity contribution in [3.05, 3.63) is 59.2 Å². The fourth-order valence-corrected chi connectivity index (χ4v) is 1.70. The molecule has 2 rings (SSSR count). The predicted octanol–water partition coefficient (Wildman–Crippen LogP) is 1.35. The molecule has 0 aromatic carbocycles. The number of aromatic nitrogens is 2. The second kappa shape index (κ2) is 6.06. The van der Waals surface area contributed by atoms with Crippen molar-refractivity contribution in [2.75, 3.05) is 7.11 Å². The highest BCUT2D eigenvalue weighted by molar-refractivity contribution is 5.89. The first-order valence-corrected chi connectivity index (χ1v) is 5.80. The van der Waals surface area contributed by atoms with Gasteiger partial charge in [-0.15, -0.1) is 0 Å². The van der Waals surface area contributed by atoms with Gasteiger partial charge in [-0.1, -0.05) is 6.07 Å². The summed E-state index contributed by atoms with van der Waals surface area (Å²) in [6, 6.07) is 5.41. The van der Waals surface area contributed by atoms with Gasteiger partial charge in [0.05, 0.1) is 25.0 Å². The maximum absolute atomic E-state index is 11.4. The maximum atomic E-state index is 11.4. The number of rotatable bonds is 4. The Morgan fingerprint density at radius 3 is 2.74 bits per heavy atom. The highest BCUT2D eigenvalue weighted by atomic mass is 16.5. The van der Waals surface area contributed by atoms with E-state index in [1.165, 1.54) is 13.3 Å². The number of aliphatic hydroxyl groups is 1. The zero-order chi connectivity index (χ0) is 13.7. The number of ether oxygens (including phenoxy) is 1. The van der Waals surface area contributed by atoms with Crippen molar-refractivity contribution >= 4 is 5.97 Å². The third-order valence-electron chi connectivity index (χ3n) is 2.67. The Kier molecular flexibility index (Phi) is 4.20. The number of esters is 1. The molecule has 0 amide bonds. The smallest absolute Gasteiger partial charge is 0.339 e. The van der Waals surface area contributed by atoms with Gasteiger partial charge in [-0.25, -0.2) is 4.79 Å². The van der Waals surface area contributed by atoms with Crippen molar-refractivity contribution in [1.82, 2.24) is 9.97 Å². The Hall–Kier alpha value is -2.27. The molecule has 19 heavy (non-hydrogen) atoms. The molecule has 2 aromatic rings. The molecule has 0 aliphatic carbocycles. The van der Waals surface area contributed by atoms with Gasteiger partial charge in [-0.05, 0) is 23.3 Å². The Bertz CT molecular complexity index is 567. The summed E-state index contributed by atoms with van der Waals surface area (Å²) in [6.07, 6.45) is 5.50. The normalized spacial score (nSPS) is 10.2. The van der Waals surface area contributed by atoms with Crippen LogP contribution >= 0.6 is 0 Å². The van der Waals surface area contributed by atoms with Gasteiger partial charge in [0.1, 0.15) is 0 Å². The third-order valence-corrected chi connectivity index (χ3v) is 2.67. The van der Waals surface area contributed by atoms with Crippen LogP contribution in [0.2, 0.25) is 0 Å². The van der Waals surface area contributed by atoms with E-state index < -0.39 is 5.97 Å². The molecule has 0 spiro atoms. The zero-order valence-electron chi connectivity index (χ0n) is 10.5. The van der Waals surface area contributed by atoms with Crippen LogP contribution in [0.5, 0.6) is 0 Å². The molecule has 0 aliphatic rings. The molecule has 5 nitrogen and oxygen atoms in total. The van der Waals surface area contributed by atoms with E-state index in [1.54, 1.807) is 24.5 Å². The number of methoxy groups -OCH3 is 1. The summed E-state index contributed by atoms with van der Waals surface area (Å²) < 4.78 is 4.65. The summed E-state index contributed by atoms with van der Waals surface area (Å²) in [5.74, 6) is -0.400. The van der Waals surface area contributed by atoms with E-state index in [4.69, 9.17) is 5.11 Å². The van der Waals surface area contributed by atoms with Crippen LogP contribution in [-0.2, 0) is 17.8 Å². The lowest BCUT2D eigenvalue weighted by Crippen LogP contribution is -2.03. The molecule has 0 unspecified atom stereocenters. The van der Waals surface area contributed by atoms with Crippen LogP contribution in [0, 0.1) is 0 Å². The first-order valence-electron chi connectivity index (χ1n) is 5.80. The van der Waals surface area contributed by atoms with E-state index in [0.717, 1.165) is 11.1 Å². The predicted molar refractivity (Wildman–Crippen MR) is 68.5 cm³/mol. The van der Waals surface area contributed by atoms with E-state index >= 15 is 0 Å². The molecular weight excluding hydrogens is 244 g/mol. The molecule has 2 heterocycles. The highest BCUT2D eigenvalue weighted by Gasteiger charge is 2.07. The molecule has 0 fully saturated rings. The Morgan fingerprint density at radius 2 is 2.11 bits per heavy atom. The summed E-state index contributed by atoms with van der Waals surface area (Å²) in [5, 5.41) is 8.92. The van der Waals surface area contributed by atoms with E-state index in [9.17, 15) is 4.79 Å². The number of hydrogen-bond acceptors (Lipinski definition) is 5. The van der Waals surface area contributed by atoms with Crippen LogP contribution < -0.4 is 0 Å². The summed E-state index contributed by atoms with van der Waals surface area (Å²) in [4.78, 5) is 19.5. The first-order chi connectivity index (χ1) is 9.22. The average molecular weight is 258 g/mol. The van der Waals surface area contributed by atoms with Crippen molar-refractivity contribution in [1.29, 1.82) is 0 Å². The van der Waals surface area contributed by atoms with Crippen LogP contribution in [-0.4, -0.2) is 28.2 Å². The molecule has 1 N–H and O–H groups in total. The van der Waals surface area contributed by atoms with Crippen LogP contribution in [0.4, 0.5) is 0 Å². The van der Waals surface area contributed by atoms with Gasteiger partial charge in [-0.2, -0.15) is 0 Å². The fourth-order valence-electron chi connectivity index (χ4n) is 1.70. The number of pyridine rings is 2. The van der Waals surface area contributed by atoms with E-state index in [-0.39, 0.29) is 6.61 Å². The van der Waals surface area contributed by atoms with Gasteiger partial charge < -0.3 is 9.84 Å². The fraction of sp³-hybridized carbons (Fsp3) is 0.214. The second-order valence-electron chi connectivity index (χ2n) is 4.07. The van der Waals surface area contributed by atoms with E-state index in [0.29, 0.717) is 17.7 Å². The van der Waals surface area contributed by atoms with Crippen molar-refractivity contribution in [2.24, 2.45) is 0 Å². The van der Waals surface area contributed by atoms with Gasteiger partial charge in [0.25, 0.3) is 0 Å². The Labute approximate surface area is 110 Å². The van der Waals surface area contributed by atoms with Gasteiger partial charge in [0.2, 0.25) is 0 Å². The summed E-state index contributed by atoms with van der Waals surface area (Å²) in [6.45, 7) is -0.0698. The van der Waals surface area contributed by atoms with Crippen LogP contribution in [0.15, 0.2) is 36.8 Å². The molecule has 0 atom stereocenters. The number of carbonyl (C=O) groups is 1. The molecule has 0 saturated carbocycles. The molecular formula is C14H14N2O3. The maximum Gasteiger partial charge on any atom is 0.339 e. The standard InChI is InChI=1S/C14H14N2O3/c1-19-14(18)12-5-11(6-15-8-12)4-10-2-3-13(9-17)16-7-10/h2-3,5-8,17H,4,9H2,1H3. The number of hydrogen-bond donors (Lipinski definition) is 1. The first kappa shape index (κ1) is 13.2. The molecule has 2 aromatic heterocycles. The SMILES string of the molecule is COC(=O)c1cncc(Cc2ccc(CO)nc2)c1. The van der Waals surface area contributed by atoms with Crippen LogP contribution in [0.3, 0.4) is 0 Å². The minimum absolute atomic E-state index is 0.0698. The molecule has 0 bridgehead atoms.